The zero-order valence-corrected chi connectivity index (χ0v) is 11.6. The highest BCUT2D eigenvalue weighted by Crippen LogP contribution is 2.28. The molecule has 2 N–H and O–H groups in total. The SMILES string of the molecule is CC(C)CN(CCC#N)C(=O)C1(N)CCCCC1. The average molecular weight is 251 g/mol. The highest BCUT2D eigenvalue weighted by molar-refractivity contribution is 5.86. The number of carbonyl (C=O) groups excluding carboxylic acids is 1. The van der Waals surface area contributed by atoms with Gasteiger partial charge in [-0.2, -0.15) is 5.26 Å². The molecule has 0 atom stereocenters. The predicted molar refractivity (Wildman–Crippen MR) is 71.7 cm³/mol. The molecule has 0 aromatic carbocycles. The van der Waals surface area contributed by atoms with Gasteiger partial charge in [0.15, 0.2) is 0 Å². The van der Waals surface area contributed by atoms with Crippen molar-refractivity contribution in [2.75, 3.05) is 13.1 Å². The van der Waals surface area contributed by atoms with Crippen LogP contribution in [0.5, 0.6) is 0 Å². The Balaban J connectivity index is 2.70. The van der Waals surface area contributed by atoms with Crippen LogP contribution in [0.1, 0.15) is 52.4 Å². The second kappa shape index (κ2) is 6.75. The topological polar surface area (TPSA) is 70.1 Å². The van der Waals surface area contributed by atoms with E-state index in [0.717, 1.165) is 25.7 Å². The minimum absolute atomic E-state index is 0.0474. The molecule has 4 heteroatoms. The summed E-state index contributed by atoms with van der Waals surface area (Å²) in [7, 11) is 0. The van der Waals surface area contributed by atoms with Gasteiger partial charge in [-0.25, -0.2) is 0 Å². The molecule has 18 heavy (non-hydrogen) atoms. The van der Waals surface area contributed by atoms with Gasteiger partial charge in [0, 0.05) is 13.1 Å². The average Bonchev–Trinajstić information content (AvgIpc) is 2.34. The van der Waals surface area contributed by atoms with E-state index in [1.165, 1.54) is 6.42 Å². The van der Waals surface area contributed by atoms with Crippen molar-refractivity contribution in [3.8, 4) is 6.07 Å². The van der Waals surface area contributed by atoms with Gasteiger partial charge in [0.05, 0.1) is 18.0 Å². The molecule has 0 heterocycles. The maximum atomic E-state index is 12.6. The molecule has 102 valence electrons. The van der Waals surface area contributed by atoms with Crippen LogP contribution in [0.3, 0.4) is 0 Å². The smallest absolute Gasteiger partial charge is 0.242 e. The van der Waals surface area contributed by atoms with E-state index >= 15 is 0 Å². The number of hydrogen-bond acceptors (Lipinski definition) is 3. The molecular formula is C14H25N3O. The normalized spacial score (nSPS) is 18.4. The van der Waals surface area contributed by atoms with Crippen LogP contribution in [-0.2, 0) is 4.79 Å². The first kappa shape index (κ1) is 15.0. The maximum Gasteiger partial charge on any atom is 0.242 e. The van der Waals surface area contributed by atoms with E-state index in [-0.39, 0.29) is 5.91 Å². The molecule has 1 aliphatic rings. The minimum Gasteiger partial charge on any atom is -0.340 e. The summed E-state index contributed by atoms with van der Waals surface area (Å²) in [6.07, 6.45) is 5.20. The van der Waals surface area contributed by atoms with Crippen molar-refractivity contribution >= 4 is 5.91 Å². The Kier molecular flexibility index (Phi) is 5.61. The maximum absolute atomic E-state index is 12.6. The lowest BCUT2D eigenvalue weighted by atomic mass is 9.81. The number of nitrogens with zero attached hydrogens (tertiary/aromatic N) is 2. The molecule has 0 aliphatic heterocycles. The van der Waals surface area contributed by atoms with Gasteiger partial charge in [0.25, 0.3) is 0 Å². The molecule has 1 rings (SSSR count). The van der Waals surface area contributed by atoms with Gasteiger partial charge in [-0.15, -0.1) is 0 Å². The van der Waals surface area contributed by atoms with Crippen molar-refractivity contribution < 1.29 is 4.79 Å². The Morgan fingerprint density at radius 1 is 1.39 bits per heavy atom. The standard InChI is InChI=1S/C14H25N3O/c1-12(2)11-17(10-6-9-15)13(18)14(16)7-4-3-5-8-14/h12H,3-8,10-11,16H2,1-2H3. The quantitative estimate of drug-likeness (QED) is 0.813. The second-order valence-electron chi connectivity index (χ2n) is 5.77. The zero-order chi connectivity index (χ0) is 13.6. The molecule has 0 aromatic heterocycles. The first-order valence-electron chi connectivity index (χ1n) is 6.95. The van der Waals surface area contributed by atoms with Crippen molar-refractivity contribution in [3.05, 3.63) is 0 Å². The highest BCUT2D eigenvalue weighted by atomic mass is 16.2. The summed E-state index contributed by atoms with van der Waals surface area (Å²) < 4.78 is 0. The molecule has 1 aliphatic carbocycles. The van der Waals surface area contributed by atoms with Crippen LogP contribution in [-0.4, -0.2) is 29.4 Å². The van der Waals surface area contributed by atoms with Crippen LogP contribution in [0.4, 0.5) is 0 Å². The van der Waals surface area contributed by atoms with Crippen molar-refractivity contribution in [2.45, 2.75) is 57.9 Å². The van der Waals surface area contributed by atoms with E-state index in [0.29, 0.717) is 25.4 Å². The van der Waals surface area contributed by atoms with Crippen LogP contribution in [0.25, 0.3) is 0 Å². The van der Waals surface area contributed by atoms with Crippen LogP contribution in [0.15, 0.2) is 0 Å². The van der Waals surface area contributed by atoms with Crippen LogP contribution < -0.4 is 5.73 Å². The summed E-state index contributed by atoms with van der Waals surface area (Å²) in [5, 5.41) is 8.69. The number of hydrogen-bond donors (Lipinski definition) is 1. The van der Waals surface area contributed by atoms with Gasteiger partial charge >= 0.3 is 0 Å². The van der Waals surface area contributed by atoms with E-state index in [4.69, 9.17) is 11.0 Å². The molecule has 1 fully saturated rings. The number of carbonyl (C=O) groups is 1. The summed E-state index contributed by atoms with van der Waals surface area (Å²) in [4.78, 5) is 14.3. The van der Waals surface area contributed by atoms with E-state index in [2.05, 4.69) is 19.9 Å². The molecule has 0 bridgehead atoms. The highest BCUT2D eigenvalue weighted by Gasteiger charge is 2.38. The minimum atomic E-state index is -0.678. The van der Waals surface area contributed by atoms with Crippen LogP contribution in [0.2, 0.25) is 0 Å². The summed E-state index contributed by atoms with van der Waals surface area (Å²) >= 11 is 0. The van der Waals surface area contributed by atoms with Gasteiger partial charge in [-0.3, -0.25) is 4.79 Å². The number of nitriles is 1. The summed E-state index contributed by atoms with van der Waals surface area (Å²) in [5.74, 6) is 0.450. The van der Waals surface area contributed by atoms with E-state index < -0.39 is 5.54 Å². The molecule has 0 radical (unpaired) electrons. The largest absolute Gasteiger partial charge is 0.340 e. The molecule has 0 unspecified atom stereocenters. The molecule has 0 spiro atoms. The lowest BCUT2D eigenvalue weighted by molar-refractivity contribution is -0.138. The predicted octanol–water partition coefficient (Wildman–Crippen LogP) is 2.05. The molecule has 0 aromatic rings. The number of rotatable bonds is 5. The zero-order valence-electron chi connectivity index (χ0n) is 11.6. The fraction of sp³-hybridized carbons (Fsp3) is 0.857. The fourth-order valence-corrected chi connectivity index (χ4v) is 2.61. The lowest BCUT2D eigenvalue weighted by Crippen LogP contribution is -2.57. The second-order valence-corrected chi connectivity index (χ2v) is 5.77. The fourth-order valence-electron chi connectivity index (χ4n) is 2.61. The van der Waals surface area contributed by atoms with E-state index in [1.54, 1.807) is 4.90 Å². The van der Waals surface area contributed by atoms with E-state index in [1.807, 2.05) is 0 Å². The van der Waals surface area contributed by atoms with Gasteiger partial charge in [-0.1, -0.05) is 33.1 Å². The summed E-state index contributed by atoms with van der Waals surface area (Å²) in [6, 6.07) is 2.11. The first-order valence-corrected chi connectivity index (χ1v) is 6.95. The number of nitrogens with two attached hydrogens (primary N) is 1. The van der Waals surface area contributed by atoms with Gasteiger partial charge in [-0.05, 0) is 18.8 Å². The Hall–Kier alpha value is -1.08. The van der Waals surface area contributed by atoms with Crippen molar-refractivity contribution in [1.29, 1.82) is 5.26 Å². The molecule has 1 saturated carbocycles. The van der Waals surface area contributed by atoms with E-state index in [9.17, 15) is 4.79 Å². The molecular weight excluding hydrogens is 226 g/mol. The third-order valence-electron chi connectivity index (χ3n) is 3.54. The monoisotopic (exact) mass is 251 g/mol. The van der Waals surface area contributed by atoms with Crippen LogP contribution >= 0.6 is 0 Å². The Morgan fingerprint density at radius 2 is 2.00 bits per heavy atom. The molecule has 1 amide bonds. The Labute approximate surface area is 110 Å². The van der Waals surface area contributed by atoms with Gasteiger partial charge in [0.2, 0.25) is 5.91 Å². The summed E-state index contributed by atoms with van der Waals surface area (Å²) in [5.41, 5.74) is 5.60. The number of amides is 1. The van der Waals surface area contributed by atoms with Gasteiger partial charge < -0.3 is 10.6 Å². The van der Waals surface area contributed by atoms with Crippen molar-refractivity contribution in [3.63, 3.8) is 0 Å². The third kappa shape index (κ3) is 3.99. The lowest BCUT2D eigenvalue weighted by Gasteiger charge is -2.37. The Morgan fingerprint density at radius 3 is 2.50 bits per heavy atom. The third-order valence-corrected chi connectivity index (χ3v) is 3.54. The van der Waals surface area contributed by atoms with Crippen LogP contribution in [0, 0.1) is 17.2 Å². The van der Waals surface area contributed by atoms with Crippen molar-refractivity contribution in [2.24, 2.45) is 11.7 Å². The van der Waals surface area contributed by atoms with Gasteiger partial charge in [0.1, 0.15) is 0 Å². The van der Waals surface area contributed by atoms with Crippen molar-refractivity contribution in [1.82, 2.24) is 4.90 Å². The summed E-state index contributed by atoms with van der Waals surface area (Å²) in [6.45, 7) is 5.36. The molecule has 4 nitrogen and oxygen atoms in total. The first-order chi connectivity index (χ1) is 8.49. The molecule has 0 saturated heterocycles. The Bertz CT molecular complexity index is 313.